The maximum Gasteiger partial charge on any atom is 0.254 e. The van der Waals surface area contributed by atoms with Gasteiger partial charge in [-0.1, -0.05) is 6.07 Å². The van der Waals surface area contributed by atoms with Gasteiger partial charge in [0.15, 0.2) is 0 Å². The molecule has 0 spiro atoms. The van der Waals surface area contributed by atoms with Crippen molar-refractivity contribution in [1.82, 2.24) is 24.9 Å². The monoisotopic (exact) mass is 315 g/mol. The Hall–Kier alpha value is -2.41. The van der Waals surface area contributed by atoms with E-state index in [4.69, 9.17) is 0 Å². The van der Waals surface area contributed by atoms with Crippen LogP contribution in [0.3, 0.4) is 0 Å². The van der Waals surface area contributed by atoms with Crippen LogP contribution in [0.4, 0.5) is 0 Å². The second-order valence-corrected chi connectivity index (χ2v) is 6.05. The molecule has 0 bridgehead atoms. The summed E-state index contributed by atoms with van der Waals surface area (Å²) in [6.07, 6.45) is 1.68. The number of carbonyl (C=O) groups is 2. The lowest BCUT2D eigenvalue weighted by Crippen LogP contribution is -2.52. The molecule has 0 unspecified atom stereocenters. The highest BCUT2D eigenvalue weighted by molar-refractivity contribution is 6.06. The van der Waals surface area contributed by atoms with Crippen LogP contribution >= 0.6 is 0 Å². The SMILES string of the molecule is CN(C)CC(=O)N1CCN(C(=O)c2cccc3[nH]ncc23)CC1. The first-order valence-electron chi connectivity index (χ1n) is 7.70. The second kappa shape index (κ2) is 6.37. The lowest BCUT2D eigenvalue weighted by molar-refractivity contribution is -0.133. The van der Waals surface area contributed by atoms with E-state index in [1.165, 1.54) is 0 Å². The van der Waals surface area contributed by atoms with Gasteiger partial charge in [0, 0.05) is 31.6 Å². The lowest BCUT2D eigenvalue weighted by atomic mass is 10.1. The normalized spacial score (nSPS) is 15.4. The Bertz CT molecular complexity index is 716. The molecular formula is C16H21N5O2. The molecule has 3 rings (SSSR count). The number of amides is 2. The Balaban J connectivity index is 1.67. The molecule has 122 valence electrons. The van der Waals surface area contributed by atoms with Gasteiger partial charge in [-0.05, 0) is 26.2 Å². The molecule has 1 N–H and O–H groups in total. The van der Waals surface area contributed by atoms with Gasteiger partial charge in [0.2, 0.25) is 5.91 Å². The molecule has 1 aromatic heterocycles. The van der Waals surface area contributed by atoms with Crippen molar-refractivity contribution in [3.8, 4) is 0 Å². The van der Waals surface area contributed by atoms with E-state index in [9.17, 15) is 9.59 Å². The van der Waals surface area contributed by atoms with Crippen molar-refractivity contribution in [2.45, 2.75) is 0 Å². The number of hydrogen-bond acceptors (Lipinski definition) is 4. The molecule has 23 heavy (non-hydrogen) atoms. The van der Waals surface area contributed by atoms with Crippen LogP contribution in [0.25, 0.3) is 10.9 Å². The number of nitrogens with one attached hydrogen (secondary N) is 1. The standard InChI is InChI=1S/C16H21N5O2/c1-19(2)11-15(22)20-6-8-21(9-7-20)16(23)12-4-3-5-14-13(12)10-17-18-14/h3-5,10H,6-9,11H2,1-2H3,(H,17,18). The first-order valence-corrected chi connectivity index (χ1v) is 7.70. The minimum Gasteiger partial charge on any atom is -0.338 e. The molecule has 7 heteroatoms. The van der Waals surface area contributed by atoms with Crippen molar-refractivity contribution in [2.24, 2.45) is 0 Å². The Labute approximate surface area is 134 Å². The number of nitrogens with zero attached hydrogens (tertiary/aromatic N) is 4. The van der Waals surface area contributed by atoms with Crippen LogP contribution in [0.2, 0.25) is 0 Å². The number of aromatic amines is 1. The summed E-state index contributed by atoms with van der Waals surface area (Å²) in [5.74, 6) is 0.107. The van der Waals surface area contributed by atoms with E-state index in [0.717, 1.165) is 10.9 Å². The number of piperazine rings is 1. The molecule has 1 aliphatic rings. The predicted molar refractivity (Wildman–Crippen MR) is 87.1 cm³/mol. The van der Waals surface area contributed by atoms with Gasteiger partial charge in [0.25, 0.3) is 5.91 Å². The van der Waals surface area contributed by atoms with Crippen LogP contribution in [0.1, 0.15) is 10.4 Å². The Morgan fingerprint density at radius 2 is 1.87 bits per heavy atom. The molecule has 0 saturated carbocycles. The number of hydrogen-bond donors (Lipinski definition) is 1. The van der Waals surface area contributed by atoms with Gasteiger partial charge in [-0.3, -0.25) is 14.7 Å². The fourth-order valence-corrected chi connectivity index (χ4v) is 2.85. The third-order valence-electron chi connectivity index (χ3n) is 4.09. The zero-order chi connectivity index (χ0) is 16.4. The molecular weight excluding hydrogens is 294 g/mol. The number of benzene rings is 1. The summed E-state index contributed by atoms with van der Waals surface area (Å²) in [6, 6.07) is 5.57. The summed E-state index contributed by atoms with van der Waals surface area (Å²) >= 11 is 0. The van der Waals surface area contributed by atoms with Crippen LogP contribution in [0.15, 0.2) is 24.4 Å². The molecule has 1 aliphatic heterocycles. The first-order chi connectivity index (χ1) is 11.1. The highest BCUT2D eigenvalue weighted by Gasteiger charge is 2.25. The van der Waals surface area contributed by atoms with Gasteiger partial charge in [-0.15, -0.1) is 0 Å². The summed E-state index contributed by atoms with van der Waals surface area (Å²) in [5.41, 5.74) is 1.51. The third kappa shape index (κ3) is 3.19. The predicted octanol–water partition coefficient (Wildman–Crippen LogP) is 0.409. The molecule has 2 amide bonds. The fraction of sp³-hybridized carbons (Fsp3) is 0.438. The van der Waals surface area contributed by atoms with E-state index in [1.807, 2.05) is 42.1 Å². The minimum atomic E-state index is -0.00305. The van der Waals surface area contributed by atoms with Gasteiger partial charge >= 0.3 is 0 Å². The van der Waals surface area contributed by atoms with Crippen molar-refractivity contribution in [3.05, 3.63) is 30.0 Å². The summed E-state index contributed by atoms with van der Waals surface area (Å²) in [7, 11) is 3.76. The summed E-state index contributed by atoms with van der Waals surface area (Å²) in [5, 5.41) is 7.72. The lowest BCUT2D eigenvalue weighted by Gasteiger charge is -2.35. The molecule has 1 saturated heterocycles. The van der Waals surface area contributed by atoms with E-state index >= 15 is 0 Å². The summed E-state index contributed by atoms with van der Waals surface area (Å²) < 4.78 is 0. The van der Waals surface area contributed by atoms with Gasteiger partial charge in [-0.25, -0.2) is 0 Å². The van der Waals surface area contributed by atoms with Gasteiger partial charge in [0.05, 0.1) is 23.8 Å². The fourth-order valence-electron chi connectivity index (χ4n) is 2.85. The largest absolute Gasteiger partial charge is 0.338 e. The summed E-state index contributed by atoms with van der Waals surface area (Å²) in [6.45, 7) is 2.69. The first kappa shape index (κ1) is 15.5. The van der Waals surface area contributed by atoms with Crippen molar-refractivity contribution in [1.29, 1.82) is 0 Å². The average Bonchev–Trinajstić information content (AvgIpc) is 3.02. The number of rotatable bonds is 3. The zero-order valence-electron chi connectivity index (χ0n) is 13.5. The molecule has 0 aliphatic carbocycles. The van der Waals surface area contributed by atoms with E-state index < -0.39 is 0 Å². The van der Waals surface area contributed by atoms with E-state index in [1.54, 1.807) is 11.1 Å². The molecule has 1 aromatic carbocycles. The average molecular weight is 315 g/mol. The van der Waals surface area contributed by atoms with Crippen LogP contribution in [-0.4, -0.2) is 83.5 Å². The Kier molecular flexibility index (Phi) is 4.29. The molecule has 2 aromatic rings. The van der Waals surface area contributed by atoms with E-state index in [-0.39, 0.29) is 11.8 Å². The van der Waals surface area contributed by atoms with Crippen molar-refractivity contribution in [2.75, 3.05) is 46.8 Å². The number of fused-ring (bicyclic) bond motifs is 1. The zero-order valence-corrected chi connectivity index (χ0v) is 13.5. The highest BCUT2D eigenvalue weighted by Crippen LogP contribution is 2.18. The van der Waals surface area contributed by atoms with Crippen molar-refractivity contribution in [3.63, 3.8) is 0 Å². The second-order valence-electron chi connectivity index (χ2n) is 6.05. The van der Waals surface area contributed by atoms with E-state index in [0.29, 0.717) is 38.3 Å². The van der Waals surface area contributed by atoms with Gasteiger partial charge in [-0.2, -0.15) is 5.10 Å². The maximum absolute atomic E-state index is 12.7. The van der Waals surface area contributed by atoms with E-state index in [2.05, 4.69) is 10.2 Å². The quantitative estimate of drug-likeness (QED) is 0.890. The highest BCUT2D eigenvalue weighted by atomic mass is 16.2. The number of likely N-dealkylation sites (N-methyl/N-ethyl adjacent to an activating group) is 1. The number of aromatic nitrogens is 2. The van der Waals surface area contributed by atoms with Crippen LogP contribution in [0, 0.1) is 0 Å². The third-order valence-corrected chi connectivity index (χ3v) is 4.09. The van der Waals surface area contributed by atoms with Crippen LogP contribution in [-0.2, 0) is 4.79 Å². The minimum absolute atomic E-state index is 0.00305. The maximum atomic E-state index is 12.7. The molecule has 2 heterocycles. The molecule has 0 radical (unpaired) electrons. The van der Waals surface area contributed by atoms with Gasteiger partial charge < -0.3 is 14.7 Å². The molecule has 1 fully saturated rings. The number of H-pyrrole nitrogens is 1. The van der Waals surface area contributed by atoms with Crippen molar-refractivity contribution < 1.29 is 9.59 Å². The smallest absolute Gasteiger partial charge is 0.254 e. The number of carbonyl (C=O) groups excluding carboxylic acids is 2. The molecule has 7 nitrogen and oxygen atoms in total. The Morgan fingerprint density at radius 3 is 2.57 bits per heavy atom. The van der Waals surface area contributed by atoms with Crippen LogP contribution in [0.5, 0.6) is 0 Å². The Morgan fingerprint density at radius 1 is 1.17 bits per heavy atom. The summed E-state index contributed by atoms with van der Waals surface area (Å²) in [4.78, 5) is 30.3. The van der Waals surface area contributed by atoms with Crippen LogP contribution < -0.4 is 0 Å². The van der Waals surface area contributed by atoms with Crippen molar-refractivity contribution >= 4 is 22.7 Å². The molecule has 0 atom stereocenters. The topological polar surface area (TPSA) is 72.5 Å². The van der Waals surface area contributed by atoms with Gasteiger partial charge in [0.1, 0.15) is 0 Å².